The van der Waals surface area contributed by atoms with E-state index in [2.05, 4.69) is 57.8 Å². The fourth-order valence-corrected chi connectivity index (χ4v) is 2.10. The Kier molecular flexibility index (Phi) is 4.75. The van der Waals surface area contributed by atoms with Crippen LogP contribution in [0.15, 0.2) is 30.9 Å². The zero-order valence-electron chi connectivity index (χ0n) is 10.9. The molecule has 0 bridgehead atoms. The molecule has 0 spiro atoms. The average molecular weight is 217 g/mol. The second-order valence-corrected chi connectivity index (χ2v) is 4.73. The van der Waals surface area contributed by atoms with Crippen LogP contribution >= 0.6 is 0 Å². The van der Waals surface area contributed by atoms with Crippen LogP contribution in [0.3, 0.4) is 0 Å². The maximum Gasteiger partial charge on any atom is 0.0294 e. The van der Waals surface area contributed by atoms with Gasteiger partial charge < -0.3 is 5.32 Å². The Bertz CT molecular complexity index is 334. The summed E-state index contributed by atoms with van der Waals surface area (Å²) in [6.07, 6.45) is 2.97. The van der Waals surface area contributed by atoms with E-state index in [1.807, 2.05) is 6.08 Å². The summed E-state index contributed by atoms with van der Waals surface area (Å²) in [6, 6.07) is 7.60. The molecule has 0 aliphatic carbocycles. The number of nitrogens with one attached hydrogen (secondary N) is 1. The molecular weight excluding hydrogens is 194 g/mol. The zero-order chi connectivity index (χ0) is 12.1. The third kappa shape index (κ3) is 3.82. The van der Waals surface area contributed by atoms with Crippen molar-refractivity contribution in [2.24, 2.45) is 0 Å². The van der Waals surface area contributed by atoms with Gasteiger partial charge in [-0.15, -0.1) is 6.58 Å². The van der Waals surface area contributed by atoms with E-state index in [1.165, 1.54) is 16.7 Å². The molecule has 1 heteroatoms. The van der Waals surface area contributed by atoms with Crippen LogP contribution in [-0.2, 0) is 0 Å². The molecule has 1 nitrogen and oxygen atoms in total. The predicted octanol–water partition coefficient (Wildman–Crippen LogP) is 3.92. The molecule has 1 aromatic rings. The van der Waals surface area contributed by atoms with Crippen LogP contribution in [0.4, 0.5) is 0 Å². The summed E-state index contributed by atoms with van der Waals surface area (Å²) in [4.78, 5) is 0. The molecule has 0 heterocycles. The highest BCUT2D eigenvalue weighted by atomic mass is 14.9. The third-order valence-electron chi connectivity index (χ3n) is 2.80. The van der Waals surface area contributed by atoms with Gasteiger partial charge in [0.15, 0.2) is 0 Å². The first-order valence-electron chi connectivity index (χ1n) is 5.98. The Morgan fingerprint density at radius 1 is 1.19 bits per heavy atom. The maximum atomic E-state index is 3.77. The molecule has 1 N–H and O–H groups in total. The molecule has 0 fully saturated rings. The van der Waals surface area contributed by atoms with Gasteiger partial charge in [0.2, 0.25) is 0 Å². The number of benzene rings is 1. The van der Waals surface area contributed by atoms with Gasteiger partial charge in [-0.05, 0) is 39.7 Å². The van der Waals surface area contributed by atoms with Crippen LogP contribution in [0.25, 0.3) is 0 Å². The molecule has 0 aliphatic heterocycles. The molecule has 0 aromatic heterocycles. The molecule has 16 heavy (non-hydrogen) atoms. The van der Waals surface area contributed by atoms with E-state index in [0.29, 0.717) is 12.1 Å². The van der Waals surface area contributed by atoms with Crippen molar-refractivity contribution in [2.45, 2.75) is 46.2 Å². The quantitative estimate of drug-likeness (QED) is 0.737. The maximum absolute atomic E-state index is 3.77. The topological polar surface area (TPSA) is 12.0 Å². The molecule has 2 unspecified atom stereocenters. The monoisotopic (exact) mass is 217 g/mol. The van der Waals surface area contributed by atoms with Crippen LogP contribution in [-0.4, -0.2) is 6.04 Å². The van der Waals surface area contributed by atoms with E-state index >= 15 is 0 Å². The first-order valence-corrected chi connectivity index (χ1v) is 5.98. The second kappa shape index (κ2) is 5.86. The van der Waals surface area contributed by atoms with E-state index < -0.39 is 0 Å². The molecule has 0 saturated carbocycles. The Morgan fingerprint density at radius 2 is 1.75 bits per heavy atom. The summed E-state index contributed by atoms with van der Waals surface area (Å²) in [6.45, 7) is 12.5. The van der Waals surface area contributed by atoms with Crippen LogP contribution in [0.5, 0.6) is 0 Å². The lowest BCUT2D eigenvalue weighted by Crippen LogP contribution is -2.28. The van der Waals surface area contributed by atoms with Gasteiger partial charge in [0.1, 0.15) is 0 Å². The van der Waals surface area contributed by atoms with Crippen LogP contribution in [0.2, 0.25) is 0 Å². The standard InChI is InChI=1S/C15H23N/c1-6-7-13(4)16-14(5)15-9-11(2)8-12(3)10-15/h6,8-10,13-14,16H,1,7H2,2-5H3. The highest BCUT2D eigenvalue weighted by Gasteiger charge is 2.08. The van der Waals surface area contributed by atoms with Crippen molar-refractivity contribution >= 4 is 0 Å². The molecule has 0 saturated heterocycles. The Labute approximate surface area is 99.6 Å². The van der Waals surface area contributed by atoms with E-state index in [0.717, 1.165) is 6.42 Å². The third-order valence-corrected chi connectivity index (χ3v) is 2.80. The summed E-state index contributed by atoms with van der Waals surface area (Å²) in [5.74, 6) is 0. The summed E-state index contributed by atoms with van der Waals surface area (Å²) in [5.41, 5.74) is 4.04. The summed E-state index contributed by atoms with van der Waals surface area (Å²) in [5, 5.41) is 3.58. The number of aryl methyl sites for hydroxylation is 2. The van der Waals surface area contributed by atoms with Crippen molar-refractivity contribution in [3.05, 3.63) is 47.5 Å². The lowest BCUT2D eigenvalue weighted by Gasteiger charge is -2.20. The smallest absolute Gasteiger partial charge is 0.0294 e. The van der Waals surface area contributed by atoms with Gasteiger partial charge in [0.05, 0.1) is 0 Å². The van der Waals surface area contributed by atoms with E-state index in [4.69, 9.17) is 0 Å². The summed E-state index contributed by atoms with van der Waals surface area (Å²) in [7, 11) is 0. The minimum Gasteiger partial charge on any atom is -0.307 e. The highest BCUT2D eigenvalue weighted by Crippen LogP contribution is 2.17. The number of hydrogen-bond acceptors (Lipinski definition) is 1. The largest absolute Gasteiger partial charge is 0.307 e. The fourth-order valence-electron chi connectivity index (χ4n) is 2.10. The van der Waals surface area contributed by atoms with E-state index in [9.17, 15) is 0 Å². The number of hydrogen-bond donors (Lipinski definition) is 1. The van der Waals surface area contributed by atoms with Crippen LogP contribution in [0.1, 0.15) is 43.0 Å². The molecule has 88 valence electrons. The molecule has 2 atom stereocenters. The van der Waals surface area contributed by atoms with Gasteiger partial charge >= 0.3 is 0 Å². The van der Waals surface area contributed by atoms with Crippen molar-refractivity contribution in [3.63, 3.8) is 0 Å². The summed E-state index contributed by atoms with van der Waals surface area (Å²) < 4.78 is 0. The van der Waals surface area contributed by atoms with Crippen molar-refractivity contribution in [1.29, 1.82) is 0 Å². The Morgan fingerprint density at radius 3 is 2.25 bits per heavy atom. The van der Waals surface area contributed by atoms with Crippen molar-refractivity contribution < 1.29 is 0 Å². The molecule has 0 aliphatic rings. The SMILES string of the molecule is C=CCC(C)NC(C)c1cc(C)cc(C)c1. The lowest BCUT2D eigenvalue weighted by molar-refractivity contribution is 0.482. The molecular formula is C15H23N. The van der Waals surface area contributed by atoms with Crippen molar-refractivity contribution in [1.82, 2.24) is 5.32 Å². The van der Waals surface area contributed by atoms with Gasteiger partial charge in [-0.1, -0.05) is 35.4 Å². The predicted molar refractivity (Wildman–Crippen MR) is 71.7 cm³/mol. The van der Waals surface area contributed by atoms with E-state index in [-0.39, 0.29) is 0 Å². The van der Waals surface area contributed by atoms with Gasteiger partial charge in [-0.3, -0.25) is 0 Å². The van der Waals surface area contributed by atoms with E-state index in [1.54, 1.807) is 0 Å². The second-order valence-electron chi connectivity index (χ2n) is 4.73. The Hall–Kier alpha value is -1.08. The highest BCUT2D eigenvalue weighted by molar-refractivity contribution is 5.30. The average Bonchev–Trinajstić information content (AvgIpc) is 2.16. The van der Waals surface area contributed by atoms with Crippen molar-refractivity contribution in [2.75, 3.05) is 0 Å². The van der Waals surface area contributed by atoms with Crippen LogP contribution in [0, 0.1) is 13.8 Å². The lowest BCUT2D eigenvalue weighted by atomic mass is 10.0. The zero-order valence-corrected chi connectivity index (χ0v) is 10.9. The fraction of sp³-hybridized carbons (Fsp3) is 0.467. The number of rotatable bonds is 5. The minimum atomic E-state index is 0.397. The van der Waals surface area contributed by atoms with Gasteiger partial charge in [0.25, 0.3) is 0 Å². The molecule has 1 rings (SSSR count). The van der Waals surface area contributed by atoms with Gasteiger partial charge in [0, 0.05) is 12.1 Å². The normalized spacial score (nSPS) is 14.5. The van der Waals surface area contributed by atoms with Crippen molar-refractivity contribution in [3.8, 4) is 0 Å². The van der Waals surface area contributed by atoms with Gasteiger partial charge in [-0.25, -0.2) is 0 Å². The molecule has 1 aromatic carbocycles. The molecule has 0 amide bonds. The minimum absolute atomic E-state index is 0.397. The van der Waals surface area contributed by atoms with Gasteiger partial charge in [-0.2, -0.15) is 0 Å². The Balaban J connectivity index is 2.72. The molecule has 0 radical (unpaired) electrons. The van der Waals surface area contributed by atoms with Crippen LogP contribution < -0.4 is 5.32 Å². The summed E-state index contributed by atoms with van der Waals surface area (Å²) >= 11 is 0. The first-order chi connectivity index (χ1) is 7.52. The first kappa shape index (κ1) is 13.0.